The molecular formula is C20H22N4O3. The lowest BCUT2D eigenvalue weighted by Crippen LogP contribution is -2.31. The summed E-state index contributed by atoms with van der Waals surface area (Å²) in [5.41, 5.74) is 2.11. The highest BCUT2D eigenvalue weighted by atomic mass is 16.5. The molecule has 0 unspecified atom stereocenters. The number of para-hydroxylation sites is 1. The molecule has 0 atom stereocenters. The number of carbonyl (C=O) groups excluding carboxylic acids is 1. The molecule has 1 heterocycles. The summed E-state index contributed by atoms with van der Waals surface area (Å²) in [6, 6.07) is 12.8. The molecule has 0 saturated heterocycles. The van der Waals surface area contributed by atoms with Crippen molar-refractivity contribution < 1.29 is 9.53 Å². The molecule has 1 amide bonds. The van der Waals surface area contributed by atoms with Crippen molar-refractivity contribution in [1.82, 2.24) is 14.9 Å². The number of carbonyl (C=O) groups is 1. The number of nitrogens with zero attached hydrogens (tertiary/aromatic N) is 2. The third-order valence-corrected chi connectivity index (χ3v) is 4.12. The highest BCUT2D eigenvalue weighted by molar-refractivity contribution is 5.93. The van der Waals surface area contributed by atoms with E-state index in [1.165, 1.54) is 0 Å². The number of likely N-dealkylation sites (N-methyl/N-ethyl adjacent to an activating group) is 1. The van der Waals surface area contributed by atoms with Crippen molar-refractivity contribution in [2.75, 3.05) is 26.0 Å². The molecule has 0 saturated carbocycles. The molecule has 3 rings (SSSR count). The van der Waals surface area contributed by atoms with E-state index in [1.54, 1.807) is 37.3 Å². The van der Waals surface area contributed by atoms with Gasteiger partial charge in [-0.2, -0.15) is 0 Å². The minimum absolute atomic E-state index is 0.146. The Balaban J connectivity index is 1.67. The Morgan fingerprint density at radius 2 is 2.04 bits per heavy atom. The molecule has 27 heavy (non-hydrogen) atoms. The SMILES string of the molecule is COc1ccc(C)cc1NC(=O)CN(C)Cc1nc2ccccc2c(=O)[nH]1. The number of fused-ring (bicyclic) bond motifs is 1. The lowest BCUT2D eigenvalue weighted by molar-refractivity contribution is -0.117. The normalized spacial score (nSPS) is 11.0. The molecule has 2 aromatic carbocycles. The molecule has 140 valence electrons. The molecule has 0 spiro atoms. The third kappa shape index (κ3) is 4.51. The average molecular weight is 366 g/mol. The number of hydrogen-bond acceptors (Lipinski definition) is 5. The highest BCUT2D eigenvalue weighted by Gasteiger charge is 2.12. The van der Waals surface area contributed by atoms with E-state index in [-0.39, 0.29) is 18.0 Å². The van der Waals surface area contributed by atoms with Crippen LogP contribution in [0, 0.1) is 6.92 Å². The first-order chi connectivity index (χ1) is 13.0. The molecule has 2 N–H and O–H groups in total. The number of aromatic amines is 1. The molecule has 7 heteroatoms. The fraction of sp³-hybridized carbons (Fsp3) is 0.250. The number of H-pyrrole nitrogens is 1. The molecule has 0 aliphatic heterocycles. The number of benzene rings is 2. The van der Waals surface area contributed by atoms with Crippen molar-refractivity contribution in [2.24, 2.45) is 0 Å². The Kier molecular flexibility index (Phi) is 5.52. The van der Waals surface area contributed by atoms with Crippen LogP contribution in [0.3, 0.4) is 0 Å². The Hall–Kier alpha value is -3.19. The Bertz CT molecular complexity index is 1030. The van der Waals surface area contributed by atoms with E-state index >= 15 is 0 Å². The monoisotopic (exact) mass is 366 g/mol. The van der Waals surface area contributed by atoms with Crippen LogP contribution in [0.25, 0.3) is 10.9 Å². The standard InChI is InChI=1S/C20H22N4O3/c1-13-8-9-17(27-3)16(10-13)22-19(25)12-24(2)11-18-21-15-7-5-4-6-14(15)20(26)23-18/h4-10H,11-12H2,1-3H3,(H,22,25)(H,21,23,26). The van der Waals surface area contributed by atoms with Crippen LogP contribution in [0.15, 0.2) is 47.3 Å². The van der Waals surface area contributed by atoms with E-state index in [2.05, 4.69) is 15.3 Å². The number of methoxy groups -OCH3 is 1. The van der Waals surface area contributed by atoms with Gasteiger partial charge in [0.25, 0.3) is 5.56 Å². The van der Waals surface area contributed by atoms with E-state index < -0.39 is 0 Å². The maximum atomic E-state index is 12.4. The fourth-order valence-electron chi connectivity index (χ4n) is 2.88. The van der Waals surface area contributed by atoms with Crippen molar-refractivity contribution in [2.45, 2.75) is 13.5 Å². The summed E-state index contributed by atoms with van der Waals surface area (Å²) in [7, 11) is 3.36. The molecule has 0 fully saturated rings. The second-order valence-electron chi connectivity index (χ2n) is 6.45. The largest absolute Gasteiger partial charge is 0.495 e. The first-order valence-corrected chi connectivity index (χ1v) is 8.57. The van der Waals surface area contributed by atoms with Gasteiger partial charge in [0.2, 0.25) is 5.91 Å². The second-order valence-corrected chi connectivity index (χ2v) is 6.45. The number of aromatic nitrogens is 2. The Labute approximate surface area is 157 Å². The number of hydrogen-bond donors (Lipinski definition) is 2. The molecule has 0 radical (unpaired) electrons. The second kappa shape index (κ2) is 8.01. The zero-order valence-corrected chi connectivity index (χ0v) is 15.6. The van der Waals surface area contributed by atoms with E-state index in [4.69, 9.17) is 4.74 Å². The van der Waals surface area contributed by atoms with Gasteiger partial charge < -0.3 is 15.0 Å². The van der Waals surface area contributed by atoms with Crippen LogP contribution in [0.5, 0.6) is 5.75 Å². The molecule has 0 bridgehead atoms. The highest BCUT2D eigenvalue weighted by Crippen LogP contribution is 2.25. The summed E-state index contributed by atoms with van der Waals surface area (Å²) in [6.45, 7) is 2.44. The van der Waals surface area contributed by atoms with Crippen LogP contribution in [0.4, 0.5) is 5.69 Å². The first-order valence-electron chi connectivity index (χ1n) is 8.57. The first kappa shape index (κ1) is 18.6. The predicted molar refractivity (Wildman–Crippen MR) is 105 cm³/mol. The number of anilines is 1. The zero-order valence-electron chi connectivity index (χ0n) is 15.6. The lowest BCUT2D eigenvalue weighted by atomic mass is 10.2. The van der Waals surface area contributed by atoms with Crippen LogP contribution in [-0.2, 0) is 11.3 Å². The van der Waals surface area contributed by atoms with Crippen molar-refractivity contribution in [3.05, 3.63) is 64.2 Å². The van der Waals surface area contributed by atoms with Gasteiger partial charge in [0, 0.05) is 0 Å². The average Bonchev–Trinajstić information content (AvgIpc) is 2.61. The minimum atomic E-state index is -0.182. The number of rotatable bonds is 6. The van der Waals surface area contributed by atoms with Gasteiger partial charge in [-0.3, -0.25) is 14.5 Å². The molecule has 0 aliphatic carbocycles. The minimum Gasteiger partial charge on any atom is -0.495 e. The van der Waals surface area contributed by atoms with Crippen molar-refractivity contribution >= 4 is 22.5 Å². The number of aryl methyl sites for hydroxylation is 1. The lowest BCUT2D eigenvalue weighted by Gasteiger charge is -2.17. The quantitative estimate of drug-likeness (QED) is 0.699. The molecule has 0 aliphatic rings. The van der Waals surface area contributed by atoms with E-state index in [0.29, 0.717) is 34.7 Å². The zero-order chi connectivity index (χ0) is 19.4. The van der Waals surface area contributed by atoms with E-state index in [0.717, 1.165) is 5.56 Å². The molecule has 7 nitrogen and oxygen atoms in total. The van der Waals surface area contributed by atoms with Gasteiger partial charge in [-0.25, -0.2) is 4.98 Å². The summed E-state index contributed by atoms with van der Waals surface area (Å²) >= 11 is 0. The smallest absolute Gasteiger partial charge is 0.258 e. The topological polar surface area (TPSA) is 87.3 Å². The number of nitrogens with one attached hydrogen (secondary N) is 2. The number of amides is 1. The van der Waals surface area contributed by atoms with Crippen molar-refractivity contribution in [1.29, 1.82) is 0 Å². The number of ether oxygens (including phenoxy) is 1. The van der Waals surface area contributed by atoms with Crippen LogP contribution in [0.1, 0.15) is 11.4 Å². The van der Waals surface area contributed by atoms with Gasteiger partial charge >= 0.3 is 0 Å². The molecular weight excluding hydrogens is 344 g/mol. The van der Waals surface area contributed by atoms with Crippen LogP contribution < -0.4 is 15.6 Å². The molecule has 1 aromatic heterocycles. The Morgan fingerprint density at radius 3 is 2.81 bits per heavy atom. The maximum Gasteiger partial charge on any atom is 0.258 e. The van der Waals surface area contributed by atoms with Gasteiger partial charge in [0.1, 0.15) is 11.6 Å². The van der Waals surface area contributed by atoms with Crippen molar-refractivity contribution in [3.8, 4) is 5.75 Å². The third-order valence-electron chi connectivity index (χ3n) is 4.12. The van der Waals surface area contributed by atoms with Crippen molar-refractivity contribution in [3.63, 3.8) is 0 Å². The van der Waals surface area contributed by atoms with E-state index in [1.807, 2.05) is 31.2 Å². The predicted octanol–water partition coefficient (Wildman–Crippen LogP) is 2.31. The summed E-state index contributed by atoms with van der Waals surface area (Å²) in [5, 5.41) is 3.41. The molecule has 3 aromatic rings. The Morgan fingerprint density at radius 1 is 1.26 bits per heavy atom. The van der Waals surface area contributed by atoms with Crippen LogP contribution in [-0.4, -0.2) is 41.5 Å². The summed E-state index contributed by atoms with van der Waals surface area (Å²) < 4.78 is 5.28. The van der Waals surface area contributed by atoms with Gasteiger partial charge in [-0.15, -0.1) is 0 Å². The van der Waals surface area contributed by atoms with Gasteiger partial charge in [0.05, 0.1) is 36.8 Å². The maximum absolute atomic E-state index is 12.4. The van der Waals surface area contributed by atoms with Gasteiger partial charge in [-0.05, 0) is 43.8 Å². The summed E-state index contributed by atoms with van der Waals surface area (Å²) in [5.74, 6) is 0.948. The van der Waals surface area contributed by atoms with Crippen LogP contribution in [0.2, 0.25) is 0 Å². The van der Waals surface area contributed by atoms with Gasteiger partial charge in [-0.1, -0.05) is 18.2 Å². The van der Waals surface area contributed by atoms with Gasteiger partial charge in [0.15, 0.2) is 0 Å². The fourth-order valence-corrected chi connectivity index (χ4v) is 2.88. The van der Waals surface area contributed by atoms with Crippen LogP contribution >= 0.6 is 0 Å². The van der Waals surface area contributed by atoms with E-state index in [9.17, 15) is 9.59 Å². The summed E-state index contributed by atoms with van der Waals surface area (Å²) in [6.07, 6.45) is 0. The summed E-state index contributed by atoms with van der Waals surface area (Å²) in [4.78, 5) is 33.5.